The molecule has 0 bridgehead atoms. The summed E-state index contributed by atoms with van der Waals surface area (Å²) in [5.74, 6) is 0. The Balaban J connectivity index is 2.25. The van der Waals surface area contributed by atoms with Crippen molar-refractivity contribution in [2.75, 3.05) is 6.54 Å². The van der Waals surface area contributed by atoms with E-state index in [0.717, 1.165) is 19.4 Å². The molecule has 0 saturated carbocycles. The van der Waals surface area contributed by atoms with E-state index in [2.05, 4.69) is 107 Å². The number of rotatable bonds is 6. The normalized spacial score (nSPS) is 12.4. The summed E-state index contributed by atoms with van der Waals surface area (Å²) in [6, 6.07) is 15.9. The number of aryl methyl sites for hydroxylation is 1. The van der Waals surface area contributed by atoms with Gasteiger partial charge in [0.1, 0.15) is 0 Å². The van der Waals surface area contributed by atoms with E-state index in [1.54, 1.807) is 0 Å². The summed E-state index contributed by atoms with van der Waals surface area (Å²) in [5, 5.41) is 3.71. The molecule has 0 saturated heterocycles. The summed E-state index contributed by atoms with van der Waals surface area (Å²) in [6.45, 7) is 5.46. The van der Waals surface area contributed by atoms with Crippen molar-refractivity contribution in [1.82, 2.24) is 5.32 Å². The Morgan fingerprint density at radius 3 is 2.43 bits per heavy atom. The number of hydrogen-bond donors (Lipinski definition) is 1. The third kappa shape index (κ3) is 4.93. The molecule has 0 radical (unpaired) electrons. The fraction of sp³-hybridized carbons (Fsp3) is 0.333. The summed E-state index contributed by atoms with van der Waals surface area (Å²) in [4.78, 5) is 0. The molecule has 0 aliphatic heterocycles. The van der Waals surface area contributed by atoms with Crippen LogP contribution in [0.15, 0.2) is 42.5 Å². The third-order valence-electron chi connectivity index (χ3n) is 3.59. The maximum atomic E-state index is 3.71. The van der Waals surface area contributed by atoms with Crippen LogP contribution in [0.4, 0.5) is 0 Å². The van der Waals surface area contributed by atoms with Crippen LogP contribution in [0.2, 0.25) is 0 Å². The lowest BCUT2D eigenvalue weighted by atomic mass is 9.97. The molecule has 0 aliphatic carbocycles. The van der Waals surface area contributed by atoms with Crippen LogP contribution in [0, 0.1) is 14.1 Å². The highest BCUT2D eigenvalue weighted by molar-refractivity contribution is 14.1. The Morgan fingerprint density at radius 2 is 1.76 bits per heavy atom. The molecule has 0 spiro atoms. The summed E-state index contributed by atoms with van der Waals surface area (Å²) >= 11 is 4.84. The van der Waals surface area contributed by atoms with Gasteiger partial charge in [-0.3, -0.25) is 0 Å². The Kier molecular flexibility index (Phi) is 6.95. The van der Waals surface area contributed by atoms with Crippen molar-refractivity contribution in [2.45, 2.75) is 32.7 Å². The SMILES string of the molecule is CCCNC(Cc1ccc(I)cc1)c1cccc(C)c1I. The fourth-order valence-corrected chi connectivity index (χ4v) is 3.50. The molecule has 2 aromatic rings. The van der Waals surface area contributed by atoms with Crippen molar-refractivity contribution in [3.8, 4) is 0 Å². The van der Waals surface area contributed by atoms with Gasteiger partial charge in [0.25, 0.3) is 0 Å². The Labute approximate surface area is 155 Å². The van der Waals surface area contributed by atoms with Gasteiger partial charge >= 0.3 is 0 Å². The molecule has 0 aliphatic rings. The molecule has 0 amide bonds. The lowest BCUT2D eigenvalue weighted by molar-refractivity contribution is 0.527. The van der Waals surface area contributed by atoms with Crippen LogP contribution in [0.1, 0.15) is 36.1 Å². The van der Waals surface area contributed by atoms with Gasteiger partial charge in [0, 0.05) is 13.2 Å². The zero-order valence-corrected chi connectivity index (χ0v) is 16.8. The summed E-state index contributed by atoms with van der Waals surface area (Å²) in [5.41, 5.74) is 4.17. The number of benzene rings is 2. The smallest absolute Gasteiger partial charge is 0.0371 e. The second-order valence-electron chi connectivity index (χ2n) is 5.32. The lowest BCUT2D eigenvalue weighted by Crippen LogP contribution is -2.25. The molecule has 0 aromatic heterocycles. The minimum Gasteiger partial charge on any atom is -0.310 e. The van der Waals surface area contributed by atoms with Crippen LogP contribution in [0.5, 0.6) is 0 Å². The van der Waals surface area contributed by atoms with Gasteiger partial charge in [-0.2, -0.15) is 0 Å². The zero-order chi connectivity index (χ0) is 15.2. The minimum absolute atomic E-state index is 0.386. The zero-order valence-electron chi connectivity index (χ0n) is 12.5. The van der Waals surface area contributed by atoms with Crippen molar-refractivity contribution in [3.05, 3.63) is 66.3 Å². The van der Waals surface area contributed by atoms with Gasteiger partial charge < -0.3 is 5.32 Å². The van der Waals surface area contributed by atoms with E-state index in [1.165, 1.54) is 23.8 Å². The molecular weight excluding hydrogens is 484 g/mol. The van der Waals surface area contributed by atoms with Gasteiger partial charge in [-0.25, -0.2) is 0 Å². The van der Waals surface area contributed by atoms with E-state index >= 15 is 0 Å². The van der Waals surface area contributed by atoms with Gasteiger partial charge in [0.2, 0.25) is 0 Å². The molecule has 21 heavy (non-hydrogen) atoms. The molecular formula is C18H21I2N. The summed E-state index contributed by atoms with van der Waals surface area (Å²) < 4.78 is 2.67. The molecule has 2 rings (SSSR count). The number of hydrogen-bond acceptors (Lipinski definition) is 1. The maximum absolute atomic E-state index is 3.71. The molecule has 1 nitrogen and oxygen atoms in total. The molecule has 0 heterocycles. The van der Waals surface area contributed by atoms with Crippen LogP contribution >= 0.6 is 45.2 Å². The van der Waals surface area contributed by atoms with Crippen molar-refractivity contribution >= 4 is 45.2 Å². The highest BCUT2D eigenvalue weighted by atomic mass is 127. The van der Waals surface area contributed by atoms with Crippen molar-refractivity contribution < 1.29 is 0 Å². The van der Waals surface area contributed by atoms with Gasteiger partial charge in [0.15, 0.2) is 0 Å². The Morgan fingerprint density at radius 1 is 1.05 bits per heavy atom. The van der Waals surface area contributed by atoms with Gasteiger partial charge in [-0.05, 0) is 100 Å². The second kappa shape index (κ2) is 8.48. The average Bonchev–Trinajstić information content (AvgIpc) is 2.48. The van der Waals surface area contributed by atoms with Gasteiger partial charge in [0.05, 0.1) is 0 Å². The van der Waals surface area contributed by atoms with Crippen LogP contribution in [-0.4, -0.2) is 6.54 Å². The monoisotopic (exact) mass is 505 g/mol. The fourth-order valence-electron chi connectivity index (χ4n) is 2.41. The molecule has 3 heteroatoms. The Bertz CT molecular complexity index is 578. The molecule has 2 aromatic carbocycles. The minimum atomic E-state index is 0.386. The first-order valence-corrected chi connectivity index (χ1v) is 9.50. The largest absolute Gasteiger partial charge is 0.310 e. The molecule has 0 fully saturated rings. The molecule has 1 atom stereocenters. The second-order valence-corrected chi connectivity index (χ2v) is 7.64. The Hall–Kier alpha value is -0.140. The highest BCUT2D eigenvalue weighted by Gasteiger charge is 2.15. The van der Waals surface area contributed by atoms with Crippen molar-refractivity contribution in [1.29, 1.82) is 0 Å². The molecule has 1 unspecified atom stereocenters. The van der Waals surface area contributed by atoms with Crippen molar-refractivity contribution in [3.63, 3.8) is 0 Å². The van der Waals surface area contributed by atoms with Crippen LogP contribution in [0.3, 0.4) is 0 Å². The number of nitrogens with one attached hydrogen (secondary N) is 1. The predicted molar refractivity (Wildman–Crippen MR) is 108 cm³/mol. The van der Waals surface area contributed by atoms with Gasteiger partial charge in [-0.15, -0.1) is 0 Å². The van der Waals surface area contributed by atoms with E-state index in [4.69, 9.17) is 0 Å². The predicted octanol–water partition coefficient (Wildman–Crippen LogP) is 5.49. The van der Waals surface area contributed by atoms with Crippen LogP contribution in [-0.2, 0) is 6.42 Å². The van der Waals surface area contributed by atoms with E-state index in [9.17, 15) is 0 Å². The maximum Gasteiger partial charge on any atom is 0.0371 e. The van der Waals surface area contributed by atoms with Crippen molar-refractivity contribution in [2.24, 2.45) is 0 Å². The first kappa shape index (κ1) is 17.2. The topological polar surface area (TPSA) is 12.0 Å². The van der Waals surface area contributed by atoms with Gasteiger partial charge in [-0.1, -0.05) is 37.3 Å². The van der Waals surface area contributed by atoms with E-state index in [0.29, 0.717) is 6.04 Å². The molecule has 1 N–H and O–H groups in total. The highest BCUT2D eigenvalue weighted by Crippen LogP contribution is 2.26. The average molecular weight is 505 g/mol. The third-order valence-corrected chi connectivity index (χ3v) is 5.78. The summed E-state index contributed by atoms with van der Waals surface area (Å²) in [6.07, 6.45) is 2.20. The van der Waals surface area contributed by atoms with E-state index < -0.39 is 0 Å². The first-order valence-electron chi connectivity index (χ1n) is 7.34. The molecule has 112 valence electrons. The first-order chi connectivity index (χ1) is 10.1. The van der Waals surface area contributed by atoms with E-state index in [-0.39, 0.29) is 0 Å². The lowest BCUT2D eigenvalue weighted by Gasteiger charge is -2.21. The van der Waals surface area contributed by atoms with Crippen LogP contribution in [0.25, 0.3) is 0 Å². The van der Waals surface area contributed by atoms with E-state index in [1.807, 2.05) is 0 Å². The van der Waals surface area contributed by atoms with Crippen LogP contribution < -0.4 is 5.32 Å². The quantitative estimate of drug-likeness (QED) is 0.513. The summed E-state index contributed by atoms with van der Waals surface area (Å²) in [7, 11) is 0. The number of halogens is 2. The standard InChI is InChI=1S/C18H21I2N/c1-3-11-21-17(12-14-7-9-15(19)10-8-14)16-6-4-5-13(2)18(16)20/h4-10,17,21H,3,11-12H2,1-2H3.